The Labute approximate surface area is 160 Å². The van der Waals surface area contributed by atoms with E-state index in [-0.39, 0.29) is 5.57 Å². The maximum atomic E-state index is 12.3. The minimum atomic E-state index is -0.456. The largest absolute Gasteiger partial charge is 0.497 e. The number of nitrogens with zero attached hydrogens (tertiary/aromatic N) is 1. The zero-order valence-corrected chi connectivity index (χ0v) is 15.7. The van der Waals surface area contributed by atoms with E-state index in [0.29, 0.717) is 18.0 Å². The molecule has 2 aromatic rings. The average molecular weight is 364 g/mol. The molecule has 0 unspecified atom stereocenters. The molecule has 0 fully saturated rings. The molecule has 1 amide bonds. The summed E-state index contributed by atoms with van der Waals surface area (Å²) in [4.78, 5) is 12.3. The highest BCUT2D eigenvalue weighted by atomic mass is 16.5. The number of nitrogens with one attached hydrogen (secondary N) is 1. The predicted molar refractivity (Wildman–Crippen MR) is 107 cm³/mol. The summed E-state index contributed by atoms with van der Waals surface area (Å²) in [6, 6.07) is 16.2. The Morgan fingerprint density at radius 2 is 1.74 bits per heavy atom. The fourth-order valence-corrected chi connectivity index (χ4v) is 2.39. The quantitative estimate of drug-likeness (QED) is 0.394. The van der Waals surface area contributed by atoms with Crippen molar-refractivity contribution in [2.45, 2.75) is 26.2 Å². The number of rotatable bonds is 9. The average Bonchev–Trinajstić information content (AvgIpc) is 2.71. The molecule has 0 aliphatic heterocycles. The van der Waals surface area contributed by atoms with Crippen LogP contribution in [0.2, 0.25) is 0 Å². The summed E-state index contributed by atoms with van der Waals surface area (Å²) in [6.45, 7) is 2.84. The van der Waals surface area contributed by atoms with Gasteiger partial charge in [0.1, 0.15) is 23.1 Å². The fourth-order valence-electron chi connectivity index (χ4n) is 2.39. The smallest absolute Gasteiger partial charge is 0.266 e. The van der Waals surface area contributed by atoms with Crippen LogP contribution in [-0.4, -0.2) is 19.6 Å². The van der Waals surface area contributed by atoms with Crippen molar-refractivity contribution in [2.75, 3.05) is 19.0 Å². The molecule has 2 rings (SSSR count). The molecule has 1 N–H and O–H groups in total. The lowest BCUT2D eigenvalue weighted by molar-refractivity contribution is -0.112. The molecule has 0 bridgehead atoms. The van der Waals surface area contributed by atoms with Crippen LogP contribution < -0.4 is 14.8 Å². The first-order valence-electron chi connectivity index (χ1n) is 8.96. The summed E-state index contributed by atoms with van der Waals surface area (Å²) >= 11 is 0. The van der Waals surface area contributed by atoms with E-state index in [1.54, 1.807) is 37.5 Å². The van der Waals surface area contributed by atoms with Crippen molar-refractivity contribution in [2.24, 2.45) is 0 Å². The van der Waals surface area contributed by atoms with E-state index in [4.69, 9.17) is 9.47 Å². The maximum absolute atomic E-state index is 12.3. The summed E-state index contributed by atoms with van der Waals surface area (Å²) in [5, 5.41) is 12.0. The molecule has 0 aliphatic rings. The van der Waals surface area contributed by atoms with Gasteiger partial charge in [0.15, 0.2) is 0 Å². The van der Waals surface area contributed by atoms with E-state index in [1.165, 1.54) is 0 Å². The standard InChI is InChI=1S/C22H24N2O3/c1-3-4-5-14-27-21-10-6-17(7-11-21)15-18(16-23)22(25)24-19-8-12-20(26-2)13-9-19/h6-13,15H,3-5,14H2,1-2H3,(H,24,25)/b18-15+. The summed E-state index contributed by atoms with van der Waals surface area (Å²) in [5.74, 6) is 1.02. The van der Waals surface area contributed by atoms with Crippen LogP contribution >= 0.6 is 0 Å². The van der Waals surface area contributed by atoms with Crippen LogP contribution in [0.3, 0.4) is 0 Å². The zero-order chi connectivity index (χ0) is 19.5. The Balaban J connectivity index is 1.99. The molecule has 0 saturated heterocycles. The Morgan fingerprint density at radius 1 is 1.07 bits per heavy atom. The lowest BCUT2D eigenvalue weighted by Gasteiger charge is -2.07. The van der Waals surface area contributed by atoms with E-state index >= 15 is 0 Å². The molecule has 0 saturated carbocycles. The van der Waals surface area contributed by atoms with E-state index in [2.05, 4.69) is 12.2 Å². The Morgan fingerprint density at radius 3 is 2.33 bits per heavy atom. The van der Waals surface area contributed by atoms with Crippen LogP contribution in [-0.2, 0) is 4.79 Å². The second-order valence-corrected chi connectivity index (χ2v) is 5.98. The van der Waals surface area contributed by atoms with E-state index in [1.807, 2.05) is 30.3 Å². The van der Waals surface area contributed by atoms with Crippen LogP contribution in [0.5, 0.6) is 11.5 Å². The number of unbranched alkanes of at least 4 members (excludes halogenated alkanes) is 2. The molecule has 5 nitrogen and oxygen atoms in total. The number of carbonyl (C=O) groups excluding carboxylic acids is 1. The van der Waals surface area contributed by atoms with Gasteiger partial charge in [-0.1, -0.05) is 31.9 Å². The number of hydrogen-bond acceptors (Lipinski definition) is 4. The van der Waals surface area contributed by atoms with Gasteiger partial charge in [-0.3, -0.25) is 4.79 Å². The number of hydrogen-bond donors (Lipinski definition) is 1. The third-order valence-electron chi connectivity index (χ3n) is 3.92. The van der Waals surface area contributed by atoms with Crippen LogP contribution in [0.1, 0.15) is 31.7 Å². The van der Waals surface area contributed by atoms with E-state index < -0.39 is 5.91 Å². The lowest BCUT2D eigenvalue weighted by atomic mass is 10.1. The molecular weight excluding hydrogens is 340 g/mol. The molecular formula is C22H24N2O3. The van der Waals surface area contributed by atoms with Crippen molar-refractivity contribution >= 4 is 17.7 Å². The number of ether oxygens (including phenoxy) is 2. The SMILES string of the molecule is CCCCCOc1ccc(/C=C(\C#N)C(=O)Nc2ccc(OC)cc2)cc1. The normalized spacial score (nSPS) is 10.8. The summed E-state index contributed by atoms with van der Waals surface area (Å²) < 4.78 is 10.7. The molecule has 0 radical (unpaired) electrons. The van der Waals surface area contributed by atoms with Crippen molar-refractivity contribution in [1.29, 1.82) is 5.26 Å². The second-order valence-electron chi connectivity index (χ2n) is 5.98. The zero-order valence-electron chi connectivity index (χ0n) is 15.7. The molecule has 0 heterocycles. The number of carbonyl (C=O) groups is 1. The molecule has 0 aliphatic carbocycles. The molecule has 140 valence electrons. The Hall–Kier alpha value is -3.26. The van der Waals surface area contributed by atoms with Gasteiger partial charge in [0.05, 0.1) is 13.7 Å². The van der Waals surface area contributed by atoms with Gasteiger partial charge in [-0.2, -0.15) is 5.26 Å². The molecule has 2 aromatic carbocycles. The van der Waals surface area contributed by atoms with Gasteiger partial charge in [-0.05, 0) is 54.5 Å². The number of benzene rings is 2. The minimum Gasteiger partial charge on any atom is -0.497 e. The van der Waals surface area contributed by atoms with Gasteiger partial charge in [0, 0.05) is 5.69 Å². The Kier molecular flexibility index (Phi) is 7.92. The van der Waals surface area contributed by atoms with Gasteiger partial charge in [-0.15, -0.1) is 0 Å². The topological polar surface area (TPSA) is 71.3 Å². The van der Waals surface area contributed by atoms with Crippen molar-refractivity contribution in [3.05, 3.63) is 59.7 Å². The molecule has 0 aromatic heterocycles. The van der Waals surface area contributed by atoms with Crippen molar-refractivity contribution in [1.82, 2.24) is 0 Å². The number of anilines is 1. The van der Waals surface area contributed by atoms with E-state index in [0.717, 1.165) is 30.6 Å². The number of amides is 1. The van der Waals surface area contributed by atoms with Crippen LogP contribution in [0.4, 0.5) is 5.69 Å². The lowest BCUT2D eigenvalue weighted by Crippen LogP contribution is -2.13. The summed E-state index contributed by atoms with van der Waals surface area (Å²) in [7, 11) is 1.58. The van der Waals surface area contributed by atoms with Gasteiger partial charge in [0.2, 0.25) is 0 Å². The molecule has 0 spiro atoms. The van der Waals surface area contributed by atoms with Crippen molar-refractivity contribution in [3.8, 4) is 17.6 Å². The number of methoxy groups -OCH3 is 1. The highest BCUT2D eigenvalue weighted by molar-refractivity contribution is 6.09. The van der Waals surface area contributed by atoms with Crippen LogP contribution in [0.25, 0.3) is 6.08 Å². The molecule has 0 atom stereocenters. The molecule has 27 heavy (non-hydrogen) atoms. The Bertz CT molecular complexity index is 803. The third-order valence-corrected chi connectivity index (χ3v) is 3.92. The second kappa shape index (κ2) is 10.7. The van der Waals surface area contributed by atoms with Gasteiger partial charge in [0.25, 0.3) is 5.91 Å². The summed E-state index contributed by atoms with van der Waals surface area (Å²) in [6.07, 6.45) is 4.89. The van der Waals surface area contributed by atoms with Gasteiger partial charge in [-0.25, -0.2) is 0 Å². The first kappa shape index (κ1) is 20.1. The highest BCUT2D eigenvalue weighted by Gasteiger charge is 2.09. The van der Waals surface area contributed by atoms with Crippen LogP contribution in [0, 0.1) is 11.3 Å². The maximum Gasteiger partial charge on any atom is 0.266 e. The van der Waals surface area contributed by atoms with Gasteiger partial charge >= 0.3 is 0 Å². The minimum absolute atomic E-state index is 0.0300. The predicted octanol–water partition coefficient (Wildman–Crippen LogP) is 4.81. The first-order chi connectivity index (χ1) is 13.2. The summed E-state index contributed by atoms with van der Waals surface area (Å²) in [5.41, 5.74) is 1.39. The van der Waals surface area contributed by atoms with Crippen molar-refractivity contribution < 1.29 is 14.3 Å². The monoisotopic (exact) mass is 364 g/mol. The third kappa shape index (κ3) is 6.52. The van der Waals surface area contributed by atoms with Crippen LogP contribution in [0.15, 0.2) is 54.1 Å². The van der Waals surface area contributed by atoms with E-state index in [9.17, 15) is 10.1 Å². The molecule has 5 heteroatoms. The first-order valence-corrected chi connectivity index (χ1v) is 8.96. The fraction of sp³-hybridized carbons (Fsp3) is 0.273. The number of nitriles is 1. The highest BCUT2D eigenvalue weighted by Crippen LogP contribution is 2.18. The van der Waals surface area contributed by atoms with Crippen molar-refractivity contribution in [3.63, 3.8) is 0 Å². The van der Waals surface area contributed by atoms with Gasteiger partial charge < -0.3 is 14.8 Å².